The fraction of sp³-hybridized carbons (Fsp3) is 0.318. The molecule has 0 radical (unpaired) electrons. The Kier molecular flexibility index (Phi) is 4.41. The molecule has 4 rings (SSSR count). The molecule has 0 unspecified atom stereocenters. The van der Waals surface area contributed by atoms with Crippen molar-refractivity contribution in [3.8, 4) is 5.75 Å². The van der Waals surface area contributed by atoms with Gasteiger partial charge < -0.3 is 14.8 Å². The number of hydrogen-bond acceptors (Lipinski definition) is 4. The van der Waals surface area contributed by atoms with Crippen LogP contribution in [0.2, 0.25) is 0 Å². The van der Waals surface area contributed by atoms with Gasteiger partial charge in [-0.2, -0.15) is 0 Å². The van der Waals surface area contributed by atoms with E-state index in [1.165, 1.54) is 11.1 Å². The molecular weight excluding hydrogens is 326 g/mol. The van der Waals surface area contributed by atoms with E-state index in [4.69, 9.17) is 9.47 Å². The van der Waals surface area contributed by atoms with Crippen molar-refractivity contribution < 1.29 is 14.3 Å². The van der Waals surface area contributed by atoms with Crippen LogP contribution in [0.5, 0.6) is 5.75 Å². The number of benzene rings is 2. The Hall–Kier alpha value is -2.75. The maximum Gasteiger partial charge on any atom is 0.338 e. The third-order valence-corrected chi connectivity index (χ3v) is 5.33. The van der Waals surface area contributed by atoms with Gasteiger partial charge in [0.25, 0.3) is 0 Å². The Morgan fingerprint density at radius 3 is 2.92 bits per heavy atom. The molecule has 0 amide bonds. The number of esters is 1. The Bertz CT molecular complexity index is 858. The van der Waals surface area contributed by atoms with Crippen LogP contribution in [0.3, 0.4) is 0 Å². The lowest BCUT2D eigenvalue weighted by Gasteiger charge is -2.37. The molecule has 134 valence electrons. The molecule has 1 heterocycles. The first kappa shape index (κ1) is 16.7. The summed E-state index contributed by atoms with van der Waals surface area (Å²) < 4.78 is 10.6. The second-order valence-electron chi connectivity index (χ2n) is 6.77. The number of ether oxygens (including phenoxy) is 2. The average molecular weight is 349 g/mol. The van der Waals surface area contributed by atoms with Crippen LogP contribution in [0.25, 0.3) is 0 Å². The third kappa shape index (κ3) is 2.85. The Morgan fingerprint density at radius 1 is 1.23 bits per heavy atom. The maximum absolute atomic E-state index is 12.1. The molecule has 0 spiro atoms. The number of allylic oxidation sites excluding steroid dienone is 2. The van der Waals surface area contributed by atoms with Crippen molar-refractivity contribution in [2.75, 3.05) is 19.0 Å². The molecule has 2 aromatic rings. The molecule has 0 bridgehead atoms. The molecule has 0 saturated heterocycles. The summed E-state index contributed by atoms with van der Waals surface area (Å²) in [4.78, 5) is 12.1. The molecule has 0 aromatic heterocycles. The minimum atomic E-state index is -0.260. The van der Waals surface area contributed by atoms with Crippen molar-refractivity contribution in [3.05, 3.63) is 71.3 Å². The molecule has 3 atom stereocenters. The quantitative estimate of drug-likeness (QED) is 0.642. The minimum Gasteiger partial charge on any atom is -0.497 e. The number of carbonyl (C=O) groups is 1. The largest absolute Gasteiger partial charge is 0.497 e. The van der Waals surface area contributed by atoms with Crippen LogP contribution in [0, 0.1) is 5.92 Å². The van der Waals surface area contributed by atoms with E-state index in [9.17, 15) is 4.79 Å². The first-order valence-electron chi connectivity index (χ1n) is 9.09. The van der Waals surface area contributed by atoms with E-state index in [-0.39, 0.29) is 12.0 Å². The van der Waals surface area contributed by atoms with Crippen molar-refractivity contribution in [2.45, 2.75) is 25.3 Å². The topological polar surface area (TPSA) is 47.6 Å². The van der Waals surface area contributed by atoms with E-state index in [0.29, 0.717) is 24.0 Å². The first-order chi connectivity index (χ1) is 12.7. The van der Waals surface area contributed by atoms with Crippen molar-refractivity contribution >= 4 is 11.7 Å². The van der Waals surface area contributed by atoms with Gasteiger partial charge in [-0.3, -0.25) is 0 Å². The molecule has 0 fully saturated rings. The highest BCUT2D eigenvalue weighted by Gasteiger charge is 2.38. The van der Waals surface area contributed by atoms with E-state index in [0.717, 1.165) is 17.9 Å². The van der Waals surface area contributed by atoms with Gasteiger partial charge in [-0.1, -0.05) is 24.3 Å². The van der Waals surface area contributed by atoms with Crippen LogP contribution >= 0.6 is 0 Å². The summed E-state index contributed by atoms with van der Waals surface area (Å²) in [5.41, 5.74) is 4.10. The summed E-state index contributed by atoms with van der Waals surface area (Å²) in [5, 5.41) is 3.69. The van der Waals surface area contributed by atoms with Crippen molar-refractivity contribution in [2.24, 2.45) is 5.92 Å². The van der Waals surface area contributed by atoms with E-state index >= 15 is 0 Å². The standard InChI is InChI=1S/C22H23NO3/c1-3-26-22(24)15-10-11-20-19(13-15)17-8-5-9-18(17)21(23-20)14-6-4-7-16(12-14)25-2/h4-8,10-13,17-18,21,23H,3,9H2,1-2H3/t17-,18-,21-/m1/s1. The highest BCUT2D eigenvalue weighted by Crippen LogP contribution is 2.50. The van der Waals surface area contributed by atoms with Gasteiger partial charge in [0, 0.05) is 11.6 Å². The molecule has 4 nitrogen and oxygen atoms in total. The number of methoxy groups -OCH3 is 1. The highest BCUT2D eigenvalue weighted by atomic mass is 16.5. The second-order valence-corrected chi connectivity index (χ2v) is 6.77. The highest BCUT2D eigenvalue weighted by molar-refractivity contribution is 5.90. The van der Waals surface area contributed by atoms with Gasteiger partial charge in [0.2, 0.25) is 0 Å². The molecule has 4 heteroatoms. The average Bonchev–Trinajstić information content (AvgIpc) is 3.17. The number of carbonyl (C=O) groups excluding carboxylic acids is 1. The molecular formula is C22H23NO3. The summed E-state index contributed by atoms with van der Waals surface area (Å²) in [7, 11) is 1.69. The third-order valence-electron chi connectivity index (χ3n) is 5.33. The van der Waals surface area contributed by atoms with E-state index in [1.54, 1.807) is 7.11 Å². The Balaban J connectivity index is 1.71. The van der Waals surface area contributed by atoms with E-state index < -0.39 is 0 Å². The van der Waals surface area contributed by atoms with Gasteiger partial charge in [0.15, 0.2) is 0 Å². The van der Waals surface area contributed by atoms with Crippen LogP contribution in [-0.2, 0) is 4.74 Å². The predicted octanol–water partition coefficient (Wildman–Crippen LogP) is 4.70. The summed E-state index contributed by atoms with van der Waals surface area (Å²) in [6, 6.07) is 14.3. The van der Waals surface area contributed by atoms with E-state index in [1.807, 2.05) is 37.3 Å². The molecule has 26 heavy (non-hydrogen) atoms. The first-order valence-corrected chi connectivity index (χ1v) is 9.09. The summed E-state index contributed by atoms with van der Waals surface area (Å²) in [6.45, 7) is 2.21. The van der Waals surface area contributed by atoms with Crippen LogP contribution in [0.4, 0.5) is 5.69 Å². The van der Waals surface area contributed by atoms with Gasteiger partial charge in [-0.15, -0.1) is 0 Å². The lowest BCUT2D eigenvalue weighted by Crippen LogP contribution is -2.29. The number of rotatable bonds is 4. The SMILES string of the molecule is CCOC(=O)c1ccc2c(c1)[C@@H]1C=CC[C@H]1[C@@H](c1cccc(OC)c1)N2. The zero-order valence-electron chi connectivity index (χ0n) is 15.1. The molecule has 0 saturated carbocycles. The molecule has 1 aliphatic heterocycles. The number of hydrogen-bond donors (Lipinski definition) is 1. The van der Waals surface area contributed by atoms with Crippen molar-refractivity contribution in [1.29, 1.82) is 0 Å². The normalized spacial score (nSPS) is 22.9. The molecule has 1 aliphatic carbocycles. The lowest BCUT2D eigenvalue weighted by atomic mass is 9.76. The van der Waals surface area contributed by atoms with Crippen LogP contribution in [0.1, 0.15) is 46.8 Å². The summed E-state index contributed by atoms with van der Waals surface area (Å²) >= 11 is 0. The fourth-order valence-electron chi connectivity index (χ4n) is 4.10. The van der Waals surface area contributed by atoms with Crippen LogP contribution in [0.15, 0.2) is 54.6 Å². The zero-order valence-corrected chi connectivity index (χ0v) is 15.1. The molecule has 2 aromatic carbocycles. The number of anilines is 1. The van der Waals surface area contributed by atoms with Gasteiger partial charge in [-0.05, 0) is 60.7 Å². The van der Waals surface area contributed by atoms with Crippen LogP contribution < -0.4 is 10.1 Å². The van der Waals surface area contributed by atoms with Gasteiger partial charge >= 0.3 is 5.97 Å². The smallest absolute Gasteiger partial charge is 0.338 e. The van der Waals surface area contributed by atoms with Gasteiger partial charge in [-0.25, -0.2) is 4.79 Å². The number of nitrogens with one attached hydrogen (secondary N) is 1. The Morgan fingerprint density at radius 2 is 2.12 bits per heavy atom. The summed E-state index contributed by atoms with van der Waals surface area (Å²) in [5.74, 6) is 1.34. The molecule has 1 N–H and O–H groups in total. The minimum absolute atomic E-state index is 0.214. The van der Waals surface area contributed by atoms with Crippen molar-refractivity contribution in [3.63, 3.8) is 0 Å². The van der Waals surface area contributed by atoms with Gasteiger partial charge in [0.1, 0.15) is 5.75 Å². The van der Waals surface area contributed by atoms with Gasteiger partial charge in [0.05, 0.1) is 25.3 Å². The Labute approximate surface area is 153 Å². The summed E-state index contributed by atoms with van der Waals surface area (Å²) in [6.07, 6.45) is 5.53. The van der Waals surface area contributed by atoms with Crippen molar-refractivity contribution in [1.82, 2.24) is 0 Å². The van der Waals surface area contributed by atoms with Crippen LogP contribution in [-0.4, -0.2) is 19.7 Å². The monoisotopic (exact) mass is 349 g/mol. The zero-order chi connectivity index (χ0) is 18.1. The second kappa shape index (κ2) is 6.87. The maximum atomic E-state index is 12.1. The lowest BCUT2D eigenvalue weighted by molar-refractivity contribution is 0.0526. The predicted molar refractivity (Wildman–Crippen MR) is 102 cm³/mol. The fourth-order valence-corrected chi connectivity index (χ4v) is 4.10. The number of fused-ring (bicyclic) bond motifs is 3. The molecule has 2 aliphatic rings. The van der Waals surface area contributed by atoms with E-state index in [2.05, 4.69) is 29.6 Å².